The van der Waals surface area contributed by atoms with Crippen LogP contribution in [0.5, 0.6) is 0 Å². The molecule has 0 aliphatic rings. The van der Waals surface area contributed by atoms with Crippen molar-refractivity contribution in [3.8, 4) is 0 Å². The summed E-state index contributed by atoms with van der Waals surface area (Å²) in [4.78, 5) is 30.5. The van der Waals surface area contributed by atoms with E-state index in [0.29, 0.717) is 17.8 Å². The molecule has 0 fully saturated rings. The van der Waals surface area contributed by atoms with Gasteiger partial charge in [-0.25, -0.2) is 9.18 Å². The molecular weight excluding hydrogens is 249 g/mol. The highest BCUT2D eigenvalue weighted by molar-refractivity contribution is 6.08. The van der Waals surface area contributed by atoms with Crippen molar-refractivity contribution in [1.82, 2.24) is 14.9 Å². The highest BCUT2D eigenvalue weighted by Crippen LogP contribution is 2.11. The van der Waals surface area contributed by atoms with E-state index in [9.17, 15) is 14.0 Å². The molecule has 0 radical (unpaired) electrons. The average molecular weight is 263 g/mol. The van der Waals surface area contributed by atoms with Crippen molar-refractivity contribution in [3.05, 3.63) is 57.5 Å². The number of aromatic nitrogens is 2. The Morgan fingerprint density at radius 3 is 2.42 bits per heavy atom. The van der Waals surface area contributed by atoms with E-state index in [1.807, 2.05) is 19.0 Å². The van der Waals surface area contributed by atoms with Gasteiger partial charge < -0.3 is 14.9 Å². The van der Waals surface area contributed by atoms with Crippen LogP contribution in [-0.2, 0) is 6.54 Å². The van der Waals surface area contributed by atoms with Crippen LogP contribution in [0.25, 0.3) is 0 Å². The molecule has 1 heterocycles. The van der Waals surface area contributed by atoms with Gasteiger partial charge in [-0.15, -0.1) is 0 Å². The van der Waals surface area contributed by atoms with Gasteiger partial charge in [-0.3, -0.25) is 4.79 Å². The van der Waals surface area contributed by atoms with Crippen LogP contribution in [0, 0.1) is 5.82 Å². The fraction of sp³-hybridized carbons (Fsp3) is 0.231. The molecular formula is C13H14FN3O2. The molecule has 5 nitrogen and oxygen atoms in total. The fourth-order valence-corrected chi connectivity index (χ4v) is 1.79. The zero-order valence-corrected chi connectivity index (χ0v) is 10.7. The van der Waals surface area contributed by atoms with Crippen molar-refractivity contribution in [2.45, 2.75) is 6.54 Å². The molecule has 0 saturated heterocycles. The lowest BCUT2D eigenvalue weighted by molar-refractivity contribution is 0.103. The molecule has 1 aromatic carbocycles. The molecule has 2 rings (SSSR count). The van der Waals surface area contributed by atoms with Crippen LogP contribution < -0.4 is 5.69 Å². The maximum atomic E-state index is 12.8. The second-order valence-corrected chi connectivity index (χ2v) is 4.51. The van der Waals surface area contributed by atoms with Gasteiger partial charge in [-0.05, 0) is 38.4 Å². The van der Waals surface area contributed by atoms with E-state index in [1.54, 1.807) is 0 Å². The van der Waals surface area contributed by atoms with Crippen molar-refractivity contribution in [3.63, 3.8) is 0 Å². The maximum absolute atomic E-state index is 12.8. The molecule has 0 saturated carbocycles. The van der Waals surface area contributed by atoms with Crippen LogP contribution in [0.15, 0.2) is 29.1 Å². The van der Waals surface area contributed by atoms with Gasteiger partial charge in [0.2, 0.25) is 5.78 Å². The van der Waals surface area contributed by atoms with Gasteiger partial charge in [0.15, 0.2) is 0 Å². The molecule has 0 unspecified atom stereocenters. The first-order valence-corrected chi connectivity index (χ1v) is 5.73. The number of rotatable bonds is 4. The number of hydrogen-bond donors (Lipinski definition) is 2. The van der Waals surface area contributed by atoms with Crippen molar-refractivity contribution in [2.75, 3.05) is 14.1 Å². The molecule has 19 heavy (non-hydrogen) atoms. The highest BCUT2D eigenvalue weighted by atomic mass is 19.1. The smallest absolute Gasteiger partial charge is 0.308 e. The quantitative estimate of drug-likeness (QED) is 0.813. The van der Waals surface area contributed by atoms with Gasteiger partial charge in [0.25, 0.3) is 0 Å². The molecule has 0 aliphatic heterocycles. The van der Waals surface area contributed by atoms with E-state index in [-0.39, 0.29) is 11.5 Å². The Balaban J connectivity index is 2.38. The van der Waals surface area contributed by atoms with Gasteiger partial charge in [0.05, 0.1) is 5.69 Å². The number of halogens is 1. The Labute approximate surface area is 109 Å². The summed E-state index contributed by atoms with van der Waals surface area (Å²) in [6.45, 7) is 0.432. The van der Waals surface area contributed by atoms with Gasteiger partial charge in [0, 0.05) is 12.1 Å². The van der Waals surface area contributed by atoms with Gasteiger partial charge in [-0.1, -0.05) is 0 Å². The number of imidazole rings is 1. The lowest BCUT2D eigenvalue weighted by Crippen LogP contribution is -2.14. The standard InChI is InChI=1S/C13H14FN3O2/c1-17(2)7-10-11(16-13(19)15-10)12(18)8-3-5-9(14)6-4-8/h3-6H,7H2,1-2H3,(H2,15,16,19). The summed E-state index contributed by atoms with van der Waals surface area (Å²) < 4.78 is 12.8. The second-order valence-electron chi connectivity index (χ2n) is 4.51. The number of H-pyrrole nitrogens is 2. The number of carbonyl (C=O) groups is 1. The lowest BCUT2D eigenvalue weighted by Gasteiger charge is -2.09. The first kappa shape index (κ1) is 13.2. The summed E-state index contributed by atoms with van der Waals surface area (Å²) in [5.41, 5.74) is 0.633. The third kappa shape index (κ3) is 2.97. The first-order chi connectivity index (χ1) is 8.97. The third-order valence-corrected chi connectivity index (χ3v) is 2.61. The third-order valence-electron chi connectivity index (χ3n) is 2.61. The Hall–Kier alpha value is -2.21. The van der Waals surface area contributed by atoms with E-state index in [4.69, 9.17) is 0 Å². The predicted octanol–water partition coefficient (Wildman–Crippen LogP) is 1.13. The molecule has 6 heteroatoms. The Morgan fingerprint density at radius 1 is 1.21 bits per heavy atom. The summed E-state index contributed by atoms with van der Waals surface area (Å²) in [7, 11) is 3.66. The normalized spacial score (nSPS) is 10.9. The molecule has 100 valence electrons. The van der Waals surface area contributed by atoms with E-state index in [2.05, 4.69) is 9.97 Å². The minimum absolute atomic E-state index is 0.213. The van der Waals surface area contributed by atoms with Crippen LogP contribution in [0.4, 0.5) is 4.39 Å². The number of ketones is 1. The number of carbonyl (C=O) groups excluding carboxylic acids is 1. The molecule has 2 aromatic rings. The van der Waals surface area contributed by atoms with Crippen molar-refractivity contribution in [1.29, 1.82) is 0 Å². The molecule has 0 aliphatic carbocycles. The summed E-state index contributed by atoms with van der Waals surface area (Å²) in [6.07, 6.45) is 0. The largest absolute Gasteiger partial charge is 0.323 e. The second kappa shape index (κ2) is 5.19. The van der Waals surface area contributed by atoms with Crippen LogP contribution in [0.1, 0.15) is 21.7 Å². The number of nitrogens with zero attached hydrogens (tertiary/aromatic N) is 1. The zero-order valence-electron chi connectivity index (χ0n) is 10.7. The van der Waals surface area contributed by atoms with Gasteiger partial charge in [-0.2, -0.15) is 0 Å². The number of aromatic amines is 2. The number of benzene rings is 1. The van der Waals surface area contributed by atoms with Crippen molar-refractivity contribution < 1.29 is 9.18 Å². The Kier molecular flexibility index (Phi) is 3.62. The summed E-state index contributed by atoms with van der Waals surface area (Å²) >= 11 is 0. The van der Waals surface area contributed by atoms with E-state index in [0.717, 1.165) is 0 Å². The maximum Gasteiger partial charge on any atom is 0.323 e. The lowest BCUT2D eigenvalue weighted by atomic mass is 10.1. The Morgan fingerprint density at radius 2 is 1.84 bits per heavy atom. The summed E-state index contributed by atoms with van der Waals surface area (Å²) in [5.74, 6) is -0.747. The topological polar surface area (TPSA) is 69.0 Å². The summed E-state index contributed by atoms with van der Waals surface area (Å²) in [5, 5.41) is 0. The zero-order chi connectivity index (χ0) is 14.0. The van der Waals surface area contributed by atoms with Crippen molar-refractivity contribution >= 4 is 5.78 Å². The summed E-state index contributed by atoms with van der Waals surface area (Å²) in [6, 6.07) is 5.21. The molecule has 1 aromatic heterocycles. The SMILES string of the molecule is CN(C)Cc1[nH]c(=O)[nH]c1C(=O)c1ccc(F)cc1. The minimum atomic E-state index is -0.428. The minimum Gasteiger partial charge on any atom is -0.308 e. The average Bonchev–Trinajstić information content (AvgIpc) is 2.69. The van der Waals surface area contributed by atoms with E-state index >= 15 is 0 Å². The van der Waals surface area contributed by atoms with Crippen LogP contribution in [-0.4, -0.2) is 34.7 Å². The van der Waals surface area contributed by atoms with E-state index in [1.165, 1.54) is 24.3 Å². The van der Waals surface area contributed by atoms with Crippen molar-refractivity contribution in [2.24, 2.45) is 0 Å². The predicted molar refractivity (Wildman–Crippen MR) is 68.6 cm³/mol. The number of nitrogens with one attached hydrogen (secondary N) is 2. The first-order valence-electron chi connectivity index (χ1n) is 5.73. The van der Waals surface area contributed by atoms with Crippen LogP contribution in [0.3, 0.4) is 0 Å². The fourth-order valence-electron chi connectivity index (χ4n) is 1.79. The monoisotopic (exact) mass is 263 g/mol. The highest BCUT2D eigenvalue weighted by Gasteiger charge is 2.17. The Bertz CT molecular complexity index is 641. The molecule has 0 atom stereocenters. The van der Waals surface area contributed by atoms with E-state index < -0.39 is 11.5 Å². The molecule has 2 N–H and O–H groups in total. The number of hydrogen-bond acceptors (Lipinski definition) is 3. The molecule has 0 spiro atoms. The van der Waals surface area contributed by atoms with Crippen LogP contribution in [0.2, 0.25) is 0 Å². The molecule has 0 bridgehead atoms. The van der Waals surface area contributed by atoms with Gasteiger partial charge in [0.1, 0.15) is 11.5 Å². The molecule has 0 amide bonds. The van der Waals surface area contributed by atoms with Crippen LogP contribution >= 0.6 is 0 Å². The van der Waals surface area contributed by atoms with Gasteiger partial charge >= 0.3 is 5.69 Å².